The Morgan fingerprint density at radius 2 is 1.88 bits per heavy atom. The lowest BCUT2D eigenvalue weighted by atomic mass is 10.3. The van der Waals surface area contributed by atoms with Crippen molar-refractivity contribution in [1.29, 1.82) is 0 Å². The second-order valence-electron chi connectivity index (χ2n) is 7.63. The number of esters is 1. The Labute approximate surface area is 187 Å². The van der Waals surface area contributed by atoms with Gasteiger partial charge in [-0.25, -0.2) is 13.4 Å². The molecule has 0 unspecified atom stereocenters. The third-order valence-corrected chi connectivity index (χ3v) is 7.28. The van der Waals surface area contributed by atoms with Crippen LogP contribution in [-0.2, 0) is 32.5 Å². The highest BCUT2D eigenvalue weighted by molar-refractivity contribution is 7.89. The summed E-state index contributed by atoms with van der Waals surface area (Å²) in [5.41, 5.74) is 1.47. The molecule has 1 aliphatic rings. The first kappa shape index (κ1) is 22.4. The molecule has 0 bridgehead atoms. The van der Waals surface area contributed by atoms with Gasteiger partial charge in [-0.15, -0.1) is 0 Å². The molecule has 0 amide bonds. The van der Waals surface area contributed by atoms with Gasteiger partial charge in [0, 0.05) is 26.1 Å². The molecular weight excluding hydrogens is 430 g/mol. The summed E-state index contributed by atoms with van der Waals surface area (Å²) in [5.74, 6) is 0.923. The van der Waals surface area contributed by atoms with Crippen LogP contribution in [0.5, 0.6) is 5.75 Å². The molecule has 1 aromatic heterocycles. The highest BCUT2D eigenvalue weighted by Gasteiger charge is 2.27. The van der Waals surface area contributed by atoms with Crippen LogP contribution in [0.15, 0.2) is 53.4 Å². The van der Waals surface area contributed by atoms with Crippen molar-refractivity contribution in [2.24, 2.45) is 0 Å². The Kier molecular flexibility index (Phi) is 6.88. The standard InChI is InChI=1S/C23H27N3O5S/c1-2-12-26-21-9-8-19(32(28,29)25-13-15-30-16-14-25)17-20(21)24-22(26)10-11-23(27)31-18-6-4-3-5-7-18/h3-9,17H,2,10-16H2,1H3. The normalized spacial score (nSPS) is 15.2. The molecule has 3 aromatic rings. The average Bonchev–Trinajstić information content (AvgIpc) is 3.16. The molecule has 0 saturated carbocycles. The molecule has 4 rings (SSSR count). The zero-order valence-corrected chi connectivity index (χ0v) is 18.9. The van der Waals surface area contributed by atoms with E-state index >= 15 is 0 Å². The molecule has 1 aliphatic heterocycles. The fourth-order valence-electron chi connectivity index (χ4n) is 3.80. The molecule has 2 heterocycles. The third-order valence-electron chi connectivity index (χ3n) is 5.38. The van der Waals surface area contributed by atoms with Gasteiger partial charge in [0.15, 0.2) is 0 Å². The number of hydrogen-bond acceptors (Lipinski definition) is 6. The van der Waals surface area contributed by atoms with Crippen molar-refractivity contribution < 1.29 is 22.7 Å². The molecule has 1 saturated heterocycles. The van der Waals surface area contributed by atoms with Crippen molar-refractivity contribution >= 4 is 27.0 Å². The second-order valence-corrected chi connectivity index (χ2v) is 9.57. The number of para-hydroxylation sites is 1. The fourth-order valence-corrected chi connectivity index (χ4v) is 5.23. The first-order valence-electron chi connectivity index (χ1n) is 10.8. The number of nitrogens with zero attached hydrogens (tertiary/aromatic N) is 3. The number of hydrogen-bond donors (Lipinski definition) is 0. The maximum atomic E-state index is 13.0. The second kappa shape index (κ2) is 9.81. The maximum Gasteiger partial charge on any atom is 0.311 e. The van der Waals surface area contributed by atoms with Gasteiger partial charge in [0.05, 0.1) is 35.6 Å². The summed E-state index contributed by atoms with van der Waals surface area (Å²) in [4.78, 5) is 17.2. The lowest BCUT2D eigenvalue weighted by Crippen LogP contribution is -2.40. The summed E-state index contributed by atoms with van der Waals surface area (Å²) in [5, 5.41) is 0. The molecule has 0 aliphatic carbocycles. The van der Waals surface area contributed by atoms with Crippen molar-refractivity contribution in [2.45, 2.75) is 37.6 Å². The Morgan fingerprint density at radius 1 is 1.12 bits per heavy atom. The lowest BCUT2D eigenvalue weighted by Gasteiger charge is -2.26. The molecule has 32 heavy (non-hydrogen) atoms. The predicted octanol–water partition coefficient (Wildman–Crippen LogP) is 3.01. The summed E-state index contributed by atoms with van der Waals surface area (Å²) < 4.78 is 40.2. The van der Waals surface area contributed by atoms with Crippen molar-refractivity contribution in [2.75, 3.05) is 26.3 Å². The minimum absolute atomic E-state index is 0.181. The van der Waals surface area contributed by atoms with Gasteiger partial charge in [0.1, 0.15) is 11.6 Å². The number of carbonyl (C=O) groups is 1. The summed E-state index contributed by atoms with van der Waals surface area (Å²) in [6.45, 7) is 4.29. The highest BCUT2D eigenvalue weighted by Crippen LogP contribution is 2.24. The average molecular weight is 458 g/mol. The Hall–Kier alpha value is -2.75. The van der Waals surface area contributed by atoms with E-state index in [-0.39, 0.29) is 17.3 Å². The molecule has 2 aromatic carbocycles. The van der Waals surface area contributed by atoms with Crippen molar-refractivity contribution in [1.82, 2.24) is 13.9 Å². The quantitative estimate of drug-likeness (QED) is 0.382. The third kappa shape index (κ3) is 4.85. The number of benzene rings is 2. The number of aryl methyl sites for hydroxylation is 2. The van der Waals surface area contributed by atoms with Gasteiger partial charge in [0.2, 0.25) is 10.0 Å². The van der Waals surface area contributed by atoms with Gasteiger partial charge in [-0.05, 0) is 36.8 Å². The Morgan fingerprint density at radius 3 is 2.59 bits per heavy atom. The monoisotopic (exact) mass is 457 g/mol. The zero-order valence-electron chi connectivity index (χ0n) is 18.1. The van der Waals surface area contributed by atoms with Crippen molar-refractivity contribution in [3.8, 4) is 5.75 Å². The van der Waals surface area contributed by atoms with E-state index < -0.39 is 10.0 Å². The number of rotatable bonds is 8. The van der Waals surface area contributed by atoms with E-state index in [9.17, 15) is 13.2 Å². The number of imidazole rings is 1. The molecule has 9 heteroatoms. The van der Waals surface area contributed by atoms with Crippen molar-refractivity contribution in [3.63, 3.8) is 0 Å². The number of ether oxygens (including phenoxy) is 2. The fraction of sp³-hybridized carbons (Fsp3) is 0.391. The number of morpholine rings is 1. The molecule has 0 N–H and O–H groups in total. The Bertz CT molecular complexity index is 1190. The van der Waals surface area contributed by atoms with Gasteiger partial charge < -0.3 is 14.0 Å². The van der Waals surface area contributed by atoms with Crippen LogP contribution in [0.1, 0.15) is 25.6 Å². The van der Waals surface area contributed by atoms with E-state index in [2.05, 4.69) is 16.5 Å². The first-order chi connectivity index (χ1) is 15.5. The SMILES string of the molecule is CCCn1c(CCC(=O)Oc2ccccc2)nc2cc(S(=O)(=O)N3CCOCC3)ccc21. The van der Waals surface area contributed by atoms with Gasteiger partial charge in [-0.2, -0.15) is 4.31 Å². The van der Waals surface area contributed by atoms with Crippen LogP contribution in [0, 0.1) is 0 Å². The minimum atomic E-state index is -3.60. The number of fused-ring (bicyclic) bond motifs is 1. The first-order valence-corrected chi connectivity index (χ1v) is 12.3. The molecular formula is C23H27N3O5S. The van der Waals surface area contributed by atoms with Gasteiger partial charge >= 0.3 is 5.97 Å². The largest absolute Gasteiger partial charge is 0.427 e. The lowest BCUT2D eigenvalue weighted by molar-refractivity contribution is -0.134. The summed E-state index contributed by atoms with van der Waals surface area (Å²) in [6.07, 6.45) is 1.48. The number of carbonyl (C=O) groups excluding carboxylic acids is 1. The summed E-state index contributed by atoms with van der Waals surface area (Å²) in [6, 6.07) is 14.0. The summed E-state index contributed by atoms with van der Waals surface area (Å²) in [7, 11) is -3.60. The van der Waals surface area contributed by atoms with Crippen LogP contribution in [0.2, 0.25) is 0 Å². The van der Waals surface area contributed by atoms with Crippen LogP contribution in [0.3, 0.4) is 0 Å². The molecule has 0 spiro atoms. The molecule has 8 nitrogen and oxygen atoms in total. The highest BCUT2D eigenvalue weighted by atomic mass is 32.2. The van der Waals surface area contributed by atoms with Gasteiger partial charge in [-0.1, -0.05) is 25.1 Å². The number of aromatic nitrogens is 2. The maximum absolute atomic E-state index is 13.0. The molecule has 1 fully saturated rings. The topological polar surface area (TPSA) is 90.7 Å². The van der Waals surface area contributed by atoms with Crippen LogP contribution in [0.25, 0.3) is 11.0 Å². The van der Waals surface area contributed by atoms with Crippen LogP contribution in [-0.4, -0.2) is 54.5 Å². The van der Waals surface area contributed by atoms with E-state index in [1.54, 1.807) is 30.3 Å². The molecule has 0 radical (unpaired) electrons. The smallest absolute Gasteiger partial charge is 0.311 e. The van der Waals surface area contributed by atoms with Crippen LogP contribution >= 0.6 is 0 Å². The van der Waals surface area contributed by atoms with Crippen molar-refractivity contribution in [3.05, 3.63) is 54.4 Å². The summed E-state index contributed by atoms with van der Waals surface area (Å²) >= 11 is 0. The molecule has 0 atom stereocenters. The van der Waals surface area contributed by atoms with Gasteiger partial charge in [-0.3, -0.25) is 4.79 Å². The minimum Gasteiger partial charge on any atom is -0.427 e. The molecule has 170 valence electrons. The van der Waals surface area contributed by atoms with E-state index in [4.69, 9.17) is 9.47 Å². The van der Waals surface area contributed by atoms with E-state index in [1.165, 1.54) is 4.31 Å². The Balaban J connectivity index is 1.56. The zero-order chi connectivity index (χ0) is 22.6. The van der Waals surface area contributed by atoms with E-state index in [0.717, 1.165) is 24.3 Å². The van der Waals surface area contributed by atoms with E-state index in [1.807, 2.05) is 18.2 Å². The predicted molar refractivity (Wildman–Crippen MR) is 120 cm³/mol. The number of sulfonamides is 1. The van der Waals surface area contributed by atoms with Crippen LogP contribution in [0.4, 0.5) is 0 Å². The van der Waals surface area contributed by atoms with E-state index in [0.29, 0.717) is 44.0 Å². The van der Waals surface area contributed by atoms with Crippen LogP contribution < -0.4 is 4.74 Å². The van der Waals surface area contributed by atoms with Gasteiger partial charge in [0.25, 0.3) is 0 Å².